The first-order valence-electron chi connectivity index (χ1n) is 7.35. The molecule has 1 aromatic carbocycles. The summed E-state index contributed by atoms with van der Waals surface area (Å²) in [5.74, 6) is -0.0152. The molecule has 21 heavy (non-hydrogen) atoms. The number of benzene rings is 1. The molecular formula is C16H25N3O2. The van der Waals surface area contributed by atoms with Crippen molar-refractivity contribution in [2.75, 3.05) is 37.8 Å². The van der Waals surface area contributed by atoms with Crippen molar-refractivity contribution in [3.05, 3.63) is 23.8 Å². The SMILES string of the molecule is COC1(C)CCCN(CC(=O)Nc2ccc(C)c(N)c2)C1. The van der Waals surface area contributed by atoms with Gasteiger partial charge < -0.3 is 15.8 Å². The van der Waals surface area contributed by atoms with Crippen LogP contribution in [-0.4, -0.2) is 43.2 Å². The Balaban J connectivity index is 1.91. The van der Waals surface area contributed by atoms with E-state index in [1.807, 2.05) is 19.1 Å². The molecule has 116 valence electrons. The van der Waals surface area contributed by atoms with Crippen LogP contribution in [0.15, 0.2) is 18.2 Å². The normalized spacial score (nSPS) is 23.0. The van der Waals surface area contributed by atoms with Crippen LogP contribution < -0.4 is 11.1 Å². The molecule has 5 heteroatoms. The Kier molecular flexibility index (Phi) is 4.85. The van der Waals surface area contributed by atoms with Gasteiger partial charge in [-0.15, -0.1) is 0 Å². The first-order valence-corrected chi connectivity index (χ1v) is 7.35. The third-order valence-electron chi connectivity index (χ3n) is 4.16. The van der Waals surface area contributed by atoms with Crippen molar-refractivity contribution in [3.63, 3.8) is 0 Å². The van der Waals surface area contributed by atoms with Crippen LogP contribution in [0.1, 0.15) is 25.3 Å². The molecule has 1 saturated heterocycles. The van der Waals surface area contributed by atoms with Crippen molar-refractivity contribution < 1.29 is 9.53 Å². The third kappa shape index (κ3) is 4.19. The average molecular weight is 291 g/mol. The predicted octanol–water partition coefficient (Wildman–Crippen LogP) is 2.02. The van der Waals surface area contributed by atoms with E-state index in [0.717, 1.165) is 37.2 Å². The van der Waals surface area contributed by atoms with E-state index in [9.17, 15) is 4.79 Å². The number of ether oxygens (including phenoxy) is 1. The van der Waals surface area contributed by atoms with Crippen molar-refractivity contribution in [1.82, 2.24) is 4.90 Å². The molecule has 0 bridgehead atoms. The summed E-state index contributed by atoms with van der Waals surface area (Å²) in [5.41, 5.74) is 8.16. The number of nitrogens with one attached hydrogen (secondary N) is 1. The number of carbonyl (C=O) groups excluding carboxylic acids is 1. The minimum absolute atomic E-state index is 0.0152. The van der Waals surface area contributed by atoms with Crippen molar-refractivity contribution in [2.24, 2.45) is 0 Å². The van der Waals surface area contributed by atoms with E-state index < -0.39 is 0 Å². The fourth-order valence-corrected chi connectivity index (χ4v) is 2.73. The first kappa shape index (κ1) is 15.8. The number of carbonyl (C=O) groups is 1. The molecule has 1 fully saturated rings. The summed E-state index contributed by atoms with van der Waals surface area (Å²) in [6, 6.07) is 5.58. The van der Waals surface area contributed by atoms with E-state index in [0.29, 0.717) is 12.2 Å². The number of amides is 1. The molecule has 3 N–H and O–H groups in total. The van der Waals surface area contributed by atoms with Gasteiger partial charge in [0, 0.05) is 25.0 Å². The topological polar surface area (TPSA) is 67.6 Å². The highest BCUT2D eigenvalue weighted by atomic mass is 16.5. The van der Waals surface area contributed by atoms with Crippen molar-refractivity contribution in [3.8, 4) is 0 Å². The Morgan fingerprint density at radius 3 is 2.95 bits per heavy atom. The van der Waals surface area contributed by atoms with Crippen molar-refractivity contribution in [1.29, 1.82) is 0 Å². The van der Waals surface area contributed by atoms with Crippen LogP contribution in [0.25, 0.3) is 0 Å². The van der Waals surface area contributed by atoms with Crippen molar-refractivity contribution >= 4 is 17.3 Å². The summed E-state index contributed by atoms with van der Waals surface area (Å²) in [6.07, 6.45) is 2.09. The lowest BCUT2D eigenvalue weighted by Gasteiger charge is -2.39. The van der Waals surface area contributed by atoms with Gasteiger partial charge in [-0.05, 0) is 50.9 Å². The van der Waals surface area contributed by atoms with E-state index in [1.54, 1.807) is 13.2 Å². The van der Waals surface area contributed by atoms with Crippen LogP contribution in [0, 0.1) is 6.92 Å². The highest BCUT2D eigenvalue weighted by Crippen LogP contribution is 2.23. The number of methoxy groups -OCH3 is 1. The Bertz CT molecular complexity index is 518. The Morgan fingerprint density at radius 2 is 2.29 bits per heavy atom. The number of hydrogen-bond donors (Lipinski definition) is 2. The lowest BCUT2D eigenvalue weighted by Crippen LogP contribution is -2.49. The van der Waals surface area contributed by atoms with Gasteiger partial charge in [0.2, 0.25) is 5.91 Å². The minimum atomic E-state index is -0.146. The Morgan fingerprint density at radius 1 is 1.52 bits per heavy atom. The number of piperidine rings is 1. The summed E-state index contributed by atoms with van der Waals surface area (Å²) < 4.78 is 5.55. The van der Waals surface area contributed by atoms with Gasteiger partial charge >= 0.3 is 0 Å². The lowest BCUT2D eigenvalue weighted by atomic mass is 9.95. The molecule has 5 nitrogen and oxygen atoms in total. The van der Waals surface area contributed by atoms with Crippen LogP contribution in [0.2, 0.25) is 0 Å². The predicted molar refractivity (Wildman–Crippen MR) is 85.3 cm³/mol. The highest BCUT2D eigenvalue weighted by molar-refractivity contribution is 5.92. The molecule has 0 radical (unpaired) electrons. The largest absolute Gasteiger partial charge is 0.398 e. The molecular weight excluding hydrogens is 266 g/mol. The average Bonchev–Trinajstić information content (AvgIpc) is 2.43. The van der Waals surface area contributed by atoms with Crippen LogP contribution in [0.5, 0.6) is 0 Å². The summed E-state index contributed by atoms with van der Waals surface area (Å²) in [4.78, 5) is 14.3. The van der Waals surface area contributed by atoms with Gasteiger partial charge in [0.25, 0.3) is 0 Å². The number of rotatable bonds is 4. The highest BCUT2D eigenvalue weighted by Gasteiger charge is 2.31. The van der Waals surface area contributed by atoms with Crippen LogP contribution in [0.4, 0.5) is 11.4 Å². The standard InChI is InChI=1S/C16H25N3O2/c1-12-5-6-13(9-14(12)17)18-15(20)10-19-8-4-7-16(2,11-19)21-3/h5-6,9H,4,7-8,10-11,17H2,1-3H3,(H,18,20). The zero-order valence-electron chi connectivity index (χ0n) is 13.1. The third-order valence-corrected chi connectivity index (χ3v) is 4.16. The van der Waals surface area contributed by atoms with Crippen LogP contribution in [-0.2, 0) is 9.53 Å². The van der Waals surface area contributed by atoms with E-state index in [4.69, 9.17) is 10.5 Å². The van der Waals surface area contributed by atoms with Crippen molar-refractivity contribution in [2.45, 2.75) is 32.3 Å². The van der Waals surface area contributed by atoms with Gasteiger partial charge in [0.1, 0.15) is 0 Å². The molecule has 0 aliphatic carbocycles. The van der Waals surface area contributed by atoms with Crippen LogP contribution in [0.3, 0.4) is 0 Å². The number of nitrogens with zero attached hydrogens (tertiary/aromatic N) is 1. The molecule has 1 aromatic rings. The number of hydrogen-bond acceptors (Lipinski definition) is 4. The zero-order valence-corrected chi connectivity index (χ0v) is 13.1. The second kappa shape index (κ2) is 6.45. The number of nitrogen functional groups attached to an aromatic ring is 1. The molecule has 0 aromatic heterocycles. The summed E-state index contributed by atoms with van der Waals surface area (Å²) >= 11 is 0. The lowest BCUT2D eigenvalue weighted by molar-refractivity contribution is -0.119. The van der Waals surface area contributed by atoms with E-state index in [-0.39, 0.29) is 11.5 Å². The maximum Gasteiger partial charge on any atom is 0.238 e. The molecule has 1 aliphatic rings. The number of anilines is 2. The zero-order chi connectivity index (χ0) is 15.5. The second-order valence-corrected chi connectivity index (χ2v) is 6.09. The Labute approximate surface area is 126 Å². The number of likely N-dealkylation sites (tertiary alicyclic amines) is 1. The molecule has 0 saturated carbocycles. The number of aryl methyl sites for hydroxylation is 1. The molecule has 1 atom stereocenters. The quantitative estimate of drug-likeness (QED) is 0.833. The fourth-order valence-electron chi connectivity index (χ4n) is 2.73. The van der Waals surface area contributed by atoms with E-state index in [2.05, 4.69) is 17.1 Å². The van der Waals surface area contributed by atoms with Crippen LogP contribution >= 0.6 is 0 Å². The molecule has 2 rings (SSSR count). The summed E-state index contributed by atoms with van der Waals surface area (Å²) in [5, 5.41) is 2.90. The molecule has 1 unspecified atom stereocenters. The van der Waals surface area contributed by atoms with Gasteiger partial charge in [-0.1, -0.05) is 6.07 Å². The number of nitrogens with two attached hydrogens (primary N) is 1. The first-order chi connectivity index (χ1) is 9.92. The maximum absolute atomic E-state index is 12.1. The van der Waals surface area contributed by atoms with Gasteiger partial charge in [-0.25, -0.2) is 0 Å². The van der Waals surface area contributed by atoms with E-state index in [1.165, 1.54) is 0 Å². The minimum Gasteiger partial charge on any atom is -0.398 e. The van der Waals surface area contributed by atoms with Gasteiger partial charge in [0.05, 0.1) is 12.1 Å². The smallest absolute Gasteiger partial charge is 0.238 e. The second-order valence-electron chi connectivity index (χ2n) is 6.09. The molecule has 1 amide bonds. The van der Waals surface area contributed by atoms with Gasteiger partial charge in [0.15, 0.2) is 0 Å². The molecule has 1 heterocycles. The van der Waals surface area contributed by atoms with Gasteiger partial charge in [-0.2, -0.15) is 0 Å². The molecule has 0 spiro atoms. The maximum atomic E-state index is 12.1. The Hall–Kier alpha value is -1.59. The monoisotopic (exact) mass is 291 g/mol. The summed E-state index contributed by atoms with van der Waals surface area (Å²) in [7, 11) is 1.73. The van der Waals surface area contributed by atoms with E-state index >= 15 is 0 Å². The van der Waals surface area contributed by atoms with Gasteiger partial charge in [-0.3, -0.25) is 9.69 Å². The fraction of sp³-hybridized carbons (Fsp3) is 0.562. The summed E-state index contributed by atoms with van der Waals surface area (Å²) in [6.45, 7) is 6.14. The molecule has 1 aliphatic heterocycles.